The molecule has 22 heavy (non-hydrogen) atoms. The number of fused-ring (bicyclic) bond motifs is 1. The van der Waals surface area contributed by atoms with E-state index in [0.717, 1.165) is 11.1 Å². The standard InChI is InChI=1S/C16H11ClN2O3/c1-22-16-13(19(20)21)8-7-11-14(17)12(9-18-15(11)16)10-5-3-2-4-6-10/h2-9H,1H3. The minimum Gasteiger partial charge on any atom is -0.489 e. The Morgan fingerprint density at radius 3 is 2.55 bits per heavy atom. The molecule has 3 rings (SSSR count). The molecule has 0 bridgehead atoms. The summed E-state index contributed by atoms with van der Waals surface area (Å²) in [5.74, 6) is 0.115. The summed E-state index contributed by atoms with van der Waals surface area (Å²) in [6, 6.07) is 12.6. The molecular formula is C16H11ClN2O3. The molecule has 0 N–H and O–H groups in total. The zero-order valence-corrected chi connectivity index (χ0v) is 12.4. The molecule has 0 aliphatic carbocycles. The summed E-state index contributed by atoms with van der Waals surface area (Å²) in [6.45, 7) is 0. The summed E-state index contributed by atoms with van der Waals surface area (Å²) in [5, 5.41) is 12.2. The van der Waals surface area contributed by atoms with Gasteiger partial charge in [-0.15, -0.1) is 0 Å². The van der Waals surface area contributed by atoms with E-state index >= 15 is 0 Å². The van der Waals surface area contributed by atoms with Gasteiger partial charge in [0.05, 0.1) is 17.1 Å². The molecule has 2 aromatic carbocycles. The van der Waals surface area contributed by atoms with Crippen molar-refractivity contribution in [3.8, 4) is 16.9 Å². The number of nitro groups is 1. The molecule has 0 radical (unpaired) electrons. The van der Waals surface area contributed by atoms with Crippen LogP contribution in [0.5, 0.6) is 5.75 Å². The molecule has 0 spiro atoms. The number of nitrogens with zero attached hydrogens (tertiary/aromatic N) is 2. The van der Waals surface area contributed by atoms with Crippen molar-refractivity contribution < 1.29 is 9.66 Å². The van der Waals surface area contributed by atoms with Crippen LogP contribution in [-0.2, 0) is 0 Å². The first-order chi connectivity index (χ1) is 10.6. The summed E-state index contributed by atoms with van der Waals surface area (Å²) < 4.78 is 5.16. The summed E-state index contributed by atoms with van der Waals surface area (Å²) in [6.07, 6.45) is 1.60. The van der Waals surface area contributed by atoms with Crippen molar-refractivity contribution in [1.82, 2.24) is 4.98 Å². The number of hydrogen-bond donors (Lipinski definition) is 0. The average molecular weight is 315 g/mol. The highest BCUT2D eigenvalue weighted by atomic mass is 35.5. The second-order valence-electron chi connectivity index (χ2n) is 4.62. The zero-order chi connectivity index (χ0) is 15.7. The first-order valence-electron chi connectivity index (χ1n) is 6.48. The van der Waals surface area contributed by atoms with Crippen molar-refractivity contribution in [2.24, 2.45) is 0 Å². The second-order valence-corrected chi connectivity index (χ2v) is 5.00. The monoisotopic (exact) mass is 314 g/mol. The van der Waals surface area contributed by atoms with Gasteiger partial charge in [0.1, 0.15) is 5.52 Å². The molecule has 110 valence electrons. The number of ether oxygens (including phenoxy) is 1. The number of rotatable bonds is 3. The van der Waals surface area contributed by atoms with Crippen molar-refractivity contribution >= 4 is 28.2 Å². The highest BCUT2D eigenvalue weighted by molar-refractivity contribution is 6.38. The minimum absolute atomic E-state index is 0.115. The highest BCUT2D eigenvalue weighted by Crippen LogP contribution is 2.40. The Hall–Kier alpha value is -2.66. The van der Waals surface area contributed by atoms with Crippen molar-refractivity contribution in [2.45, 2.75) is 0 Å². The largest absolute Gasteiger partial charge is 0.489 e. The van der Waals surface area contributed by atoms with Crippen molar-refractivity contribution in [3.05, 3.63) is 63.8 Å². The van der Waals surface area contributed by atoms with E-state index in [-0.39, 0.29) is 11.4 Å². The van der Waals surface area contributed by atoms with E-state index in [9.17, 15) is 10.1 Å². The van der Waals surface area contributed by atoms with Crippen LogP contribution in [0.1, 0.15) is 0 Å². The van der Waals surface area contributed by atoms with Gasteiger partial charge in [-0.25, -0.2) is 0 Å². The van der Waals surface area contributed by atoms with Crippen LogP contribution < -0.4 is 4.74 Å². The second kappa shape index (κ2) is 5.61. The Morgan fingerprint density at radius 1 is 1.18 bits per heavy atom. The number of halogens is 1. The van der Waals surface area contributed by atoms with Crippen LogP contribution in [0.2, 0.25) is 5.02 Å². The summed E-state index contributed by atoms with van der Waals surface area (Å²) in [4.78, 5) is 14.9. The lowest BCUT2D eigenvalue weighted by atomic mass is 10.0. The van der Waals surface area contributed by atoms with E-state index in [1.54, 1.807) is 12.3 Å². The Labute approximate surface area is 131 Å². The van der Waals surface area contributed by atoms with Gasteiger partial charge < -0.3 is 4.74 Å². The molecule has 5 nitrogen and oxygen atoms in total. The number of hydrogen-bond acceptors (Lipinski definition) is 4. The van der Waals surface area contributed by atoms with Gasteiger partial charge in [-0.05, 0) is 11.6 Å². The fraction of sp³-hybridized carbons (Fsp3) is 0.0625. The van der Waals surface area contributed by atoms with Crippen molar-refractivity contribution in [3.63, 3.8) is 0 Å². The smallest absolute Gasteiger partial charge is 0.313 e. The minimum atomic E-state index is -0.501. The topological polar surface area (TPSA) is 65.3 Å². The normalized spacial score (nSPS) is 10.6. The van der Waals surface area contributed by atoms with Gasteiger partial charge in [0.2, 0.25) is 5.75 Å². The molecule has 1 heterocycles. The van der Waals surface area contributed by atoms with Crippen LogP contribution in [0.15, 0.2) is 48.7 Å². The first kappa shape index (κ1) is 14.3. The molecule has 0 amide bonds. The van der Waals surface area contributed by atoms with Gasteiger partial charge in [0, 0.05) is 23.2 Å². The van der Waals surface area contributed by atoms with Crippen LogP contribution >= 0.6 is 11.6 Å². The number of benzene rings is 2. The van der Waals surface area contributed by atoms with E-state index < -0.39 is 4.92 Å². The van der Waals surface area contributed by atoms with Crippen LogP contribution in [0.4, 0.5) is 5.69 Å². The van der Waals surface area contributed by atoms with Gasteiger partial charge >= 0.3 is 5.69 Å². The van der Waals surface area contributed by atoms with Gasteiger partial charge in [-0.2, -0.15) is 0 Å². The maximum absolute atomic E-state index is 11.1. The molecule has 0 unspecified atom stereocenters. The zero-order valence-electron chi connectivity index (χ0n) is 11.6. The number of nitro benzene ring substituents is 1. The maximum atomic E-state index is 11.1. The van der Waals surface area contributed by atoms with E-state index in [1.807, 2.05) is 30.3 Å². The Kier molecular flexibility index (Phi) is 3.65. The molecular weight excluding hydrogens is 304 g/mol. The average Bonchev–Trinajstić information content (AvgIpc) is 2.54. The summed E-state index contributed by atoms with van der Waals surface area (Å²) >= 11 is 6.47. The Balaban J connectivity index is 2.30. The number of pyridine rings is 1. The Morgan fingerprint density at radius 2 is 1.91 bits per heavy atom. The fourth-order valence-electron chi connectivity index (χ4n) is 2.36. The van der Waals surface area contributed by atoms with E-state index in [4.69, 9.17) is 16.3 Å². The third-order valence-corrected chi connectivity index (χ3v) is 3.80. The fourth-order valence-corrected chi connectivity index (χ4v) is 2.67. The van der Waals surface area contributed by atoms with Gasteiger partial charge in [0.25, 0.3) is 0 Å². The lowest BCUT2D eigenvalue weighted by Crippen LogP contribution is -1.96. The predicted molar refractivity (Wildman–Crippen MR) is 85.4 cm³/mol. The van der Waals surface area contributed by atoms with Crippen LogP contribution in [-0.4, -0.2) is 17.0 Å². The van der Waals surface area contributed by atoms with Crippen molar-refractivity contribution in [2.75, 3.05) is 7.11 Å². The molecule has 0 aliphatic rings. The number of aromatic nitrogens is 1. The Bertz CT molecular complexity index is 866. The van der Waals surface area contributed by atoms with Gasteiger partial charge in [0.15, 0.2) is 0 Å². The van der Waals surface area contributed by atoms with E-state index in [0.29, 0.717) is 15.9 Å². The summed E-state index contributed by atoms with van der Waals surface area (Å²) in [7, 11) is 1.38. The third-order valence-electron chi connectivity index (χ3n) is 3.39. The first-order valence-corrected chi connectivity index (χ1v) is 6.86. The quantitative estimate of drug-likeness (QED) is 0.528. The third kappa shape index (κ3) is 2.25. The highest BCUT2D eigenvalue weighted by Gasteiger charge is 2.21. The predicted octanol–water partition coefficient (Wildman–Crippen LogP) is 4.47. The van der Waals surface area contributed by atoms with Crippen molar-refractivity contribution in [1.29, 1.82) is 0 Å². The molecule has 3 aromatic rings. The molecule has 0 saturated heterocycles. The van der Waals surface area contributed by atoms with E-state index in [2.05, 4.69) is 4.98 Å². The lowest BCUT2D eigenvalue weighted by Gasteiger charge is -2.10. The SMILES string of the molecule is COc1c([N+](=O)[O-])ccc2c(Cl)c(-c3ccccc3)cnc12. The van der Waals surface area contributed by atoms with Crippen LogP contribution in [0.3, 0.4) is 0 Å². The molecule has 6 heteroatoms. The lowest BCUT2D eigenvalue weighted by molar-refractivity contribution is -0.385. The van der Waals surface area contributed by atoms with Crippen LogP contribution in [0.25, 0.3) is 22.0 Å². The molecule has 0 atom stereocenters. The molecule has 0 aliphatic heterocycles. The molecule has 1 aromatic heterocycles. The maximum Gasteiger partial charge on any atom is 0.313 e. The van der Waals surface area contributed by atoms with Gasteiger partial charge in [-0.3, -0.25) is 15.1 Å². The number of methoxy groups -OCH3 is 1. The molecule has 0 saturated carbocycles. The van der Waals surface area contributed by atoms with Gasteiger partial charge in [-0.1, -0.05) is 41.9 Å². The van der Waals surface area contributed by atoms with E-state index in [1.165, 1.54) is 13.2 Å². The van der Waals surface area contributed by atoms with Crippen LogP contribution in [0, 0.1) is 10.1 Å². The summed E-state index contributed by atoms with van der Waals surface area (Å²) in [5.41, 5.74) is 1.94. The molecule has 0 fully saturated rings.